The minimum atomic E-state index is -0.680. The number of carboxylic acid groups (broad SMARTS) is 1. The third kappa shape index (κ3) is 2.38. The Morgan fingerprint density at radius 3 is 2.75 bits per heavy atom. The number of rotatable bonds is 3. The highest BCUT2D eigenvalue weighted by Gasteiger charge is 2.34. The highest BCUT2D eigenvalue weighted by molar-refractivity contribution is 9.10. The zero-order valence-electron chi connectivity index (χ0n) is 9.03. The molecule has 86 valence electrons. The van der Waals surface area contributed by atoms with Crippen molar-refractivity contribution in [3.05, 3.63) is 28.2 Å². The Bertz CT molecular complexity index is 413. The summed E-state index contributed by atoms with van der Waals surface area (Å²) in [7, 11) is 0. The summed E-state index contributed by atoms with van der Waals surface area (Å²) >= 11 is 3.49. The first-order chi connectivity index (χ1) is 7.56. The van der Waals surface area contributed by atoms with Crippen LogP contribution in [-0.2, 0) is 4.79 Å². The van der Waals surface area contributed by atoms with Crippen LogP contribution in [0.5, 0.6) is 0 Å². The molecule has 0 atom stereocenters. The molecule has 1 saturated carbocycles. The SMILES string of the molecule is Cc1ccc(NC2CC(C(=O)O)C2)c(Br)c1. The van der Waals surface area contributed by atoms with E-state index in [1.807, 2.05) is 19.1 Å². The lowest BCUT2D eigenvalue weighted by molar-refractivity contribution is -0.144. The van der Waals surface area contributed by atoms with Crippen molar-refractivity contribution in [1.29, 1.82) is 0 Å². The summed E-state index contributed by atoms with van der Waals surface area (Å²) in [6.07, 6.45) is 1.44. The Kier molecular flexibility index (Phi) is 3.19. The smallest absolute Gasteiger partial charge is 0.306 e. The molecular formula is C12H14BrNO2. The van der Waals surface area contributed by atoms with E-state index in [-0.39, 0.29) is 5.92 Å². The van der Waals surface area contributed by atoms with Crippen LogP contribution in [0, 0.1) is 12.8 Å². The fraction of sp³-hybridized carbons (Fsp3) is 0.417. The third-order valence-corrected chi connectivity index (χ3v) is 3.63. The molecule has 0 bridgehead atoms. The molecule has 1 fully saturated rings. The highest BCUT2D eigenvalue weighted by atomic mass is 79.9. The Hall–Kier alpha value is -1.03. The van der Waals surface area contributed by atoms with Crippen LogP contribution in [0.2, 0.25) is 0 Å². The number of halogens is 1. The normalized spacial score (nSPS) is 23.6. The summed E-state index contributed by atoms with van der Waals surface area (Å²) in [5, 5.41) is 12.1. The molecule has 2 rings (SSSR count). The van der Waals surface area contributed by atoms with E-state index in [0.717, 1.165) is 23.0 Å². The summed E-state index contributed by atoms with van der Waals surface area (Å²) in [6, 6.07) is 6.41. The first kappa shape index (κ1) is 11.5. The van der Waals surface area contributed by atoms with Crippen molar-refractivity contribution in [3.8, 4) is 0 Å². The van der Waals surface area contributed by atoms with Crippen molar-refractivity contribution < 1.29 is 9.90 Å². The largest absolute Gasteiger partial charge is 0.481 e. The van der Waals surface area contributed by atoms with Gasteiger partial charge in [0, 0.05) is 16.2 Å². The Balaban J connectivity index is 1.94. The van der Waals surface area contributed by atoms with Gasteiger partial charge >= 0.3 is 5.97 Å². The van der Waals surface area contributed by atoms with Crippen molar-refractivity contribution in [2.45, 2.75) is 25.8 Å². The lowest BCUT2D eigenvalue weighted by atomic mass is 9.80. The number of aryl methyl sites for hydroxylation is 1. The second-order valence-electron chi connectivity index (χ2n) is 4.33. The number of hydrogen-bond donors (Lipinski definition) is 2. The predicted molar refractivity (Wildman–Crippen MR) is 66.6 cm³/mol. The lowest BCUT2D eigenvalue weighted by Gasteiger charge is -2.34. The molecule has 0 heterocycles. The maximum Gasteiger partial charge on any atom is 0.306 e. The van der Waals surface area contributed by atoms with Crippen LogP contribution in [-0.4, -0.2) is 17.1 Å². The van der Waals surface area contributed by atoms with Crippen molar-refractivity contribution >= 4 is 27.6 Å². The monoisotopic (exact) mass is 283 g/mol. The number of hydrogen-bond acceptors (Lipinski definition) is 2. The molecule has 16 heavy (non-hydrogen) atoms. The minimum absolute atomic E-state index is 0.165. The first-order valence-electron chi connectivity index (χ1n) is 5.32. The van der Waals surface area contributed by atoms with E-state index in [2.05, 4.69) is 27.3 Å². The van der Waals surface area contributed by atoms with Gasteiger partial charge in [-0.15, -0.1) is 0 Å². The van der Waals surface area contributed by atoms with E-state index >= 15 is 0 Å². The van der Waals surface area contributed by atoms with Gasteiger partial charge in [-0.05, 0) is 53.4 Å². The van der Waals surface area contributed by atoms with Crippen LogP contribution in [0.3, 0.4) is 0 Å². The Morgan fingerprint density at radius 1 is 1.50 bits per heavy atom. The number of nitrogens with one attached hydrogen (secondary N) is 1. The summed E-state index contributed by atoms with van der Waals surface area (Å²) in [5.41, 5.74) is 2.24. The standard InChI is InChI=1S/C12H14BrNO2/c1-7-2-3-11(10(13)4-7)14-9-5-8(6-9)12(15)16/h2-4,8-9,14H,5-6H2,1H3,(H,15,16). The number of carbonyl (C=O) groups is 1. The number of aliphatic carboxylic acids is 1. The Labute approximate surface area is 103 Å². The van der Waals surface area contributed by atoms with Gasteiger partial charge in [0.2, 0.25) is 0 Å². The van der Waals surface area contributed by atoms with Gasteiger partial charge in [0.15, 0.2) is 0 Å². The van der Waals surface area contributed by atoms with E-state index in [1.165, 1.54) is 5.56 Å². The van der Waals surface area contributed by atoms with Crippen LogP contribution in [0.4, 0.5) is 5.69 Å². The van der Waals surface area contributed by atoms with Crippen LogP contribution >= 0.6 is 15.9 Å². The minimum Gasteiger partial charge on any atom is -0.481 e. The fourth-order valence-electron chi connectivity index (χ4n) is 1.89. The van der Waals surface area contributed by atoms with E-state index in [0.29, 0.717) is 6.04 Å². The quantitative estimate of drug-likeness (QED) is 0.897. The van der Waals surface area contributed by atoms with Gasteiger partial charge in [0.25, 0.3) is 0 Å². The molecule has 0 spiro atoms. The number of anilines is 1. The molecular weight excluding hydrogens is 270 g/mol. The average molecular weight is 284 g/mol. The van der Waals surface area contributed by atoms with Gasteiger partial charge in [-0.2, -0.15) is 0 Å². The van der Waals surface area contributed by atoms with Gasteiger partial charge in [-0.1, -0.05) is 6.07 Å². The van der Waals surface area contributed by atoms with Crippen molar-refractivity contribution in [2.75, 3.05) is 5.32 Å². The molecule has 2 N–H and O–H groups in total. The van der Waals surface area contributed by atoms with Crippen molar-refractivity contribution in [1.82, 2.24) is 0 Å². The van der Waals surface area contributed by atoms with Crippen LogP contribution in [0.15, 0.2) is 22.7 Å². The predicted octanol–water partition coefficient (Wildman–Crippen LogP) is 3.03. The van der Waals surface area contributed by atoms with Crippen LogP contribution < -0.4 is 5.32 Å². The second-order valence-corrected chi connectivity index (χ2v) is 5.19. The van der Waals surface area contributed by atoms with E-state index in [9.17, 15) is 4.79 Å². The molecule has 0 unspecified atom stereocenters. The fourth-order valence-corrected chi connectivity index (χ4v) is 2.50. The highest BCUT2D eigenvalue weighted by Crippen LogP contribution is 2.32. The van der Waals surface area contributed by atoms with E-state index < -0.39 is 5.97 Å². The number of carboxylic acids is 1. The van der Waals surface area contributed by atoms with Gasteiger partial charge in [-0.25, -0.2) is 0 Å². The second kappa shape index (κ2) is 4.45. The molecule has 1 aliphatic carbocycles. The molecule has 0 saturated heterocycles. The average Bonchev–Trinajstić information content (AvgIpc) is 2.12. The van der Waals surface area contributed by atoms with Gasteiger partial charge < -0.3 is 10.4 Å². The maximum atomic E-state index is 10.7. The molecule has 0 radical (unpaired) electrons. The van der Waals surface area contributed by atoms with Crippen molar-refractivity contribution in [3.63, 3.8) is 0 Å². The molecule has 0 aromatic heterocycles. The van der Waals surface area contributed by atoms with Gasteiger partial charge in [0.1, 0.15) is 0 Å². The number of benzene rings is 1. The third-order valence-electron chi connectivity index (χ3n) is 2.97. The van der Waals surface area contributed by atoms with Crippen molar-refractivity contribution in [2.24, 2.45) is 5.92 Å². The zero-order chi connectivity index (χ0) is 11.7. The molecule has 3 nitrogen and oxygen atoms in total. The van der Waals surface area contributed by atoms with E-state index in [1.54, 1.807) is 0 Å². The molecule has 1 aromatic carbocycles. The molecule has 0 aliphatic heterocycles. The zero-order valence-corrected chi connectivity index (χ0v) is 10.6. The molecule has 1 aromatic rings. The maximum absolute atomic E-state index is 10.7. The van der Waals surface area contributed by atoms with Crippen LogP contribution in [0.25, 0.3) is 0 Å². The summed E-state index contributed by atoms with van der Waals surface area (Å²) in [6.45, 7) is 2.04. The topological polar surface area (TPSA) is 49.3 Å². The molecule has 0 amide bonds. The Morgan fingerprint density at radius 2 is 2.19 bits per heavy atom. The molecule has 1 aliphatic rings. The van der Waals surface area contributed by atoms with Gasteiger partial charge in [0.05, 0.1) is 5.92 Å². The first-order valence-corrected chi connectivity index (χ1v) is 6.11. The van der Waals surface area contributed by atoms with Gasteiger partial charge in [-0.3, -0.25) is 4.79 Å². The summed E-state index contributed by atoms with van der Waals surface area (Å²) in [4.78, 5) is 10.7. The van der Waals surface area contributed by atoms with Crippen LogP contribution in [0.1, 0.15) is 18.4 Å². The molecule has 4 heteroatoms. The lowest BCUT2D eigenvalue weighted by Crippen LogP contribution is -2.39. The summed E-state index contributed by atoms with van der Waals surface area (Å²) < 4.78 is 1.03. The van der Waals surface area contributed by atoms with E-state index in [4.69, 9.17) is 5.11 Å². The summed E-state index contributed by atoms with van der Waals surface area (Å²) in [5.74, 6) is -0.845.